The molecule has 1 aliphatic heterocycles. The third-order valence-corrected chi connectivity index (χ3v) is 6.90. The van der Waals surface area contributed by atoms with Gasteiger partial charge in [-0.25, -0.2) is 9.97 Å². The van der Waals surface area contributed by atoms with Crippen LogP contribution in [0.25, 0.3) is 0 Å². The molecule has 1 N–H and O–H groups in total. The Balaban J connectivity index is 0.000000244. The predicted octanol–water partition coefficient (Wildman–Crippen LogP) is 5.55. The molecule has 2 aromatic heterocycles. The van der Waals surface area contributed by atoms with E-state index in [2.05, 4.69) is 43.9 Å². The average Bonchev–Trinajstić information content (AvgIpc) is 2.67. The molecule has 2 aromatic rings. The number of nitrogens with one attached hydrogen (secondary N) is 1. The van der Waals surface area contributed by atoms with Gasteiger partial charge in [0.1, 0.15) is 5.82 Å². The molecule has 1 fully saturated rings. The van der Waals surface area contributed by atoms with Gasteiger partial charge >= 0.3 is 0 Å². The van der Waals surface area contributed by atoms with Crippen molar-refractivity contribution < 1.29 is 9.13 Å². The van der Waals surface area contributed by atoms with Gasteiger partial charge < -0.3 is 10.1 Å². The van der Waals surface area contributed by atoms with Gasteiger partial charge in [0, 0.05) is 45.4 Å². The van der Waals surface area contributed by atoms with Crippen molar-refractivity contribution in [1.29, 1.82) is 5.26 Å². The van der Waals surface area contributed by atoms with Crippen molar-refractivity contribution in [3.63, 3.8) is 0 Å². The molecule has 0 unspecified atom stereocenters. The van der Waals surface area contributed by atoms with Gasteiger partial charge in [-0.2, -0.15) is 9.65 Å². The lowest BCUT2D eigenvalue weighted by molar-refractivity contribution is 0.0455. The third-order valence-electron chi connectivity index (χ3n) is 3.88. The van der Waals surface area contributed by atoms with Crippen molar-refractivity contribution in [3.8, 4) is 6.07 Å². The summed E-state index contributed by atoms with van der Waals surface area (Å²) < 4.78 is 19.1. The normalized spacial score (nSPS) is 15.3. The number of hydrogen-bond donors (Lipinski definition) is 1. The van der Waals surface area contributed by atoms with Crippen LogP contribution in [-0.4, -0.2) is 29.7 Å². The molecule has 0 aromatic carbocycles. The van der Waals surface area contributed by atoms with Gasteiger partial charge in [0.15, 0.2) is 0 Å². The molecule has 3 rings (SSSR count). The zero-order valence-corrected chi connectivity index (χ0v) is 19.8. The second kappa shape index (κ2) is 10.9. The smallest absolute Gasteiger partial charge is 0.213 e. The largest absolute Gasteiger partial charge is 0.381 e. The Hall–Kier alpha value is -0.480. The van der Waals surface area contributed by atoms with Crippen molar-refractivity contribution in [2.24, 2.45) is 5.41 Å². The number of aromatic nitrogens is 2. The van der Waals surface area contributed by atoms with Crippen molar-refractivity contribution in [2.75, 3.05) is 25.1 Å². The molecule has 0 spiro atoms. The number of nitrogens with zero attached hydrogens (tertiary/aromatic N) is 3. The molecule has 27 heavy (non-hydrogen) atoms. The number of pyridine rings is 2. The highest BCUT2D eigenvalue weighted by atomic mass is 127. The second-order valence-corrected chi connectivity index (χ2v) is 8.90. The lowest BCUT2D eigenvalue weighted by atomic mass is 9.82. The maximum absolute atomic E-state index is 12.2. The summed E-state index contributed by atoms with van der Waals surface area (Å²) in [6.45, 7) is 1.90. The zero-order chi connectivity index (χ0) is 19.9. The Morgan fingerprint density at radius 2 is 1.74 bits per heavy atom. The molecule has 5 nitrogen and oxygen atoms in total. The van der Waals surface area contributed by atoms with Gasteiger partial charge in [-0.1, -0.05) is 23.2 Å². The van der Waals surface area contributed by atoms with Crippen molar-refractivity contribution in [1.82, 2.24) is 9.97 Å². The van der Waals surface area contributed by atoms with Gasteiger partial charge in [-0.15, -0.1) is 0 Å². The van der Waals surface area contributed by atoms with Crippen molar-refractivity contribution in [2.45, 2.75) is 12.8 Å². The highest BCUT2D eigenvalue weighted by molar-refractivity contribution is 14.1. The van der Waals surface area contributed by atoms with Crippen LogP contribution in [0.1, 0.15) is 12.8 Å². The molecular formula is C17H15Cl2FI2N4O. The minimum absolute atomic E-state index is 0.342. The van der Waals surface area contributed by atoms with Crippen LogP contribution in [0.3, 0.4) is 0 Å². The van der Waals surface area contributed by atoms with E-state index in [9.17, 15) is 9.65 Å². The third kappa shape index (κ3) is 7.12. The first kappa shape index (κ1) is 22.8. The summed E-state index contributed by atoms with van der Waals surface area (Å²) in [7, 11) is 0. The first-order chi connectivity index (χ1) is 12.8. The van der Waals surface area contributed by atoms with Crippen LogP contribution in [-0.2, 0) is 4.74 Å². The number of ether oxygens (including phenoxy) is 1. The van der Waals surface area contributed by atoms with Crippen LogP contribution in [0.4, 0.5) is 10.2 Å². The van der Waals surface area contributed by atoms with Crippen LogP contribution < -0.4 is 5.32 Å². The van der Waals surface area contributed by atoms with E-state index in [0.717, 1.165) is 22.2 Å². The number of halogens is 5. The zero-order valence-electron chi connectivity index (χ0n) is 14.0. The number of rotatable bonds is 3. The highest BCUT2D eigenvalue weighted by Crippen LogP contribution is 2.30. The topological polar surface area (TPSA) is 70.8 Å². The molecule has 0 amide bonds. The fraction of sp³-hybridized carbons (Fsp3) is 0.353. The monoisotopic (exact) mass is 634 g/mol. The van der Waals surface area contributed by atoms with Crippen LogP contribution in [0, 0.1) is 29.8 Å². The quantitative estimate of drug-likeness (QED) is 0.354. The molecule has 1 saturated heterocycles. The molecular weight excluding hydrogens is 620 g/mol. The minimum atomic E-state index is -0.496. The lowest BCUT2D eigenvalue weighted by Gasteiger charge is -2.30. The van der Waals surface area contributed by atoms with Crippen LogP contribution in [0.5, 0.6) is 0 Å². The first-order valence-electron chi connectivity index (χ1n) is 7.86. The fourth-order valence-electron chi connectivity index (χ4n) is 2.25. The van der Waals surface area contributed by atoms with E-state index in [1.54, 1.807) is 6.20 Å². The summed E-state index contributed by atoms with van der Waals surface area (Å²) in [6.07, 6.45) is 4.44. The summed E-state index contributed by atoms with van der Waals surface area (Å²) in [5, 5.41) is 13.7. The van der Waals surface area contributed by atoms with Crippen molar-refractivity contribution >= 4 is 74.2 Å². The summed E-state index contributed by atoms with van der Waals surface area (Å²) in [4.78, 5) is 7.54. The molecule has 144 valence electrons. The first-order valence-corrected chi connectivity index (χ1v) is 10.8. The Morgan fingerprint density at radius 1 is 1.15 bits per heavy atom. The van der Waals surface area contributed by atoms with E-state index in [4.69, 9.17) is 27.9 Å². The molecule has 3 heterocycles. The van der Waals surface area contributed by atoms with E-state index in [-0.39, 0.29) is 5.41 Å². The Morgan fingerprint density at radius 3 is 2.26 bits per heavy atom. The van der Waals surface area contributed by atoms with Gasteiger partial charge in [0.25, 0.3) is 0 Å². The molecule has 0 atom stereocenters. The number of anilines is 1. The molecule has 1 aliphatic rings. The van der Waals surface area contributed by atoms with Crippen LogP contribution in [0.15, 0.2) is 24.5 Å². The van der Waals surface area contributed by atoms with E-state index < -0.39 is 5.95 Å². The SMILES string of the molecule is Fc1cc(I)c(Cl)cn1.N#CC1(CNc2cc(I)c(Cl)cn2)CCOCC1. The minimum Gasteiger partial charge on any atom is -0.381 e. The number of nitriles is 1. The molecule has 0 bridgehead atoms. The summed E-state index contributed by atoms with van der Waals surface area (Å²) >= 11 is 15.6. The predicted molar refractivity (Wildman–Crippen MR) is 120 cm³/mol. The van der Waals surface area contributed by atoms with Gasteiger partial charge in [0.2, 0.25) is 5.95 Å². The standard InChI is InChI=1S/C12H13ClIN3O.C5H2ClFIN/c13-9-6-16-11(5-10(9)14)17-8-12(7-15)1-3-18-4-2-12;6-3-2-9-5(7)1-4(3)8/h5-6H,1-4,8H2,(H,16,17);1-2H. The molecule has 0 aliphatic carbocycles. The molecule has 0 radical (unpaired) electrons. The van der Waals surface area contributed by atoms with E-state index in [0.29, 0.717) is 33.4 Å². The second-order valence-electron chi connectivity index (χ2n) is 5.76. The lowest BCUT2D eigenvalue weighted by Crippen LogP contribution is -2.34. The average molecular weight is 635 g/mol. The van der Waals surface area contributed by atoms with E-state index in [1.807, 2.05) is 28.7 Å². The Kier molecular flexibility index (Phi) is 9.21. The Labute approximate surface area is 194 Å². The van der Waals surface area contributed by atoms with E-state index >= 15 is 0 Å². The van der Waals surface area contributed by atoms with Crippen LogP contribution >= 0.6 is 68.4 Å². The maximum Gasteiger partial charge on any atom is 0.213 e. The van der Waals surface area contributed by atoms with Crippen LogP contribution in [0.2, 0.25) is 10.0 Å². The van der Waals surface area contributed by atoms with Crippen molar-refractivity contribution in [3.05, 3.63) is 47.7 Å². The number of hydrogen-bond acceptors (Lipinski definition) is 5. The maximum atomic E-state index is 12.2. The highest BCUT2D eigenvalue weighted by Gasteiger charge is 2.32. The van der Waals surface area contributed by atoms with Gasteiger partial charge in [-0.3, -0.25) is 0 Å². The van der Waals surface area contributed by atoms with Gasteiger partial charge in [-0.05, 0) is 64.1 Å². The molecule has 0 saturated carbocycles. The van der Waals surface area contributed by atoms with Gasteiger partial charge in [0.05, 0.1) is 21.5 Å². The molecule has 10 heteroatoms. The van der Waals surface area contributed by atoms with E-state index in [1.165, 1.54) is 12.3 Å². The summed E-state index contributed by atoms with van der Waals surface area (Å²) in [6, 6.07) is 5.58. The summed E-state index contributed by atoms with van der Waals surface area (Å²) in [5.74, 6) is 0.258. The summed E-state index contributed by atoms with van der Waals surface area (Å²) in [5.41, 5.74) is -0.342. The Bertz CT molecular complexity index is 829. The fourth-order valence-corrected chi connectivity index (χ4v) is 3.29.